The molecule has 0 radical (unpaired) electrons. The summed E-state index contributed by atoms with van der Waals surface area (Å²) in [5.41, 5.74) is 3.09. The molecule has 2 aliphatic rings. The lowest BCUT2D eigenvalue weighted by Crippen LogP contribution is -2.37. The van der Waals surface area contributed by atoms with Crippen LogP contribution in [0.4, 0.5) is 0 Å². The van der Waals surface area contributed by atoms with E-state index in [-0.39, 0.29) is 42.7 Å². The van der Waals surface area contributed by atoms with Gasteiger partial charge in [-0.15, -0.1) is 24.0 Å². The number of benzene rings is 2. The van der Waals surface area contributed by atoms with Gasteiger partial charge in [0.15, 0.2) is 0 Å². The molecule has 2 heterocycles. The van der Waals surface area contributed by atoms with E-state index in [0.717, 1.165) is 42.7 Å². The number of rotatable bonds is 9. The van der Waals surface area contributed by atoms with Crippen LogP contribution in [0.2, 0.25) is 0 Å². The molecule has 0 amide bonds. The molecule has 2 fully saturated rings. The summed E-state index contributed by atoms with van der Waals surface area (Å²) >= 11 is 0. The Morgan fingerprint density at radius 3 is 2.11 bits per heavy atom. The van der Waals surface area contributed by atoms with Crippen LogP contribution in [0.3, 0.4) is 0 Å². The lowest BCUT2D eigenvalue weighted by atomic mass is 9.91. The van der Waals surface area contributed by atoms with E-state index in [9.17, 15) is 14.9 Å². The standard InChI is InChI=1S/C29H33NO8.2C2H4O2.HI/c1-18(31)35-17-26-13-25(36-19(2)32)14-29(38-26)27-11-21(10-20-4-6-23(33-3)7-5-20)22(15-30)12-28(27)37-24-8-9-34-16-24;2*1-2(3)4;/h4-7,11-12,24-26,29H,8-10,13-14,16-17H2,1-3H3;2*1H3,(H,3,4);1H/t24-,25-,26-,29+;;;/m0.../s1. The summed E-state index contributed by atoms with van der Waals surface area (Å²) < 4.78 is 34.2. The molecule has 0 bridgehead atoms. The molecule has 14 heteroatoms. The minimum absolute atomic E-state index is 0. The maximum absolute atomic E-state index is 11.8. The molecule has 2 aromatic rings. The van der Waals surface area contributed by atoms with Crippen LogP contribution >= 0.6 is 24.0 Å². The fraction of sp³-hybridized carbons (Fsp3) is 0.485. The average molecular weight is 772 g/mol. The lowest BCUT2D eigenvalue weighted by molar-refractivity contribution is -0.169. The number of carboxylic acids is 2. The highest BCUT2D eigenvalue weighted by Crippen LogP contribution is 2.40. The van der Waals surface area contributed by atoms with Gasteiger partial charge in [0, 0.05) is 52.5 Å². The van der Waals surface area contributed by atoms with Crippen LogP contribution < -0.4 is 9.47 Å². The van der Waals surface area contributed by atoms with E-state index in [1.165, 1.54) is 13.8 Å². The first-order valence-electron chi connectivity index (χ1n) is 14.6. The molecular weight excluding hydrogens is 729 g/mol. The van der Waals surface area contributed by atoms with Crippen molar-refractivity contribution in [3.63, 3.8) is 0 Å². The summed E-state index contributed by atoms with van der Waals surface area (Å²) in [5.74, 6) is -1.18. The number of esters is 2. The Hall–Kier alpha value is -3.94. The van der Waals surface area contributed by atoms with Gasteiger partial charge in [-0.25, -0.2) is 0 Å². The van der Waals surface area contributed by atoms with Gasteiger partial charge in [-0.3, -0.25) is 19.2 Å². The van der Waals surface area contributed by atoms with Crippen molar-refractivity contribution in [1.82, 2.24) is 0 Å². The molecule has 0 saturated carbocycles. The van der Waals surface area contributed by atoms with Crippen LogP contribution in [0.5, 0.6) is 11.5 Å². The number of ether oxygens (including phenoxy) is 6. The Labute approximate surface area is 291 Å². The van der Waals surface area contributed by atoms with E-state index >= 15 is 0 Å². The van der Waals surface area contributed by atoms with Crippen molar-refractivity contribution in [2.24, 2.45) is 0 Å². The van der Waals surface area contributed by atoms with Crippen LogP contribution in [0.1, 0.15) is 75.3 Å². The number of hydrogen-bond acceptors (Lipinski definition) is 11. The molecule has 0 spiro atoms. The molecule has 2 aromatic carbocycles. The highest BCUT2D eigenvalue weighted by atomic mass is 127. The van der Waals surface area contributed by atoms with Gasteiger partial charge < -0.3 is 38.6 Å². The Morgan fingerprint density at radius 1 is 0.957 bits per heavy atom. The number of carbonyl (C=O) groups excluding carboxylic acids is 2. The van der Waals surface area contributed by atoms with Gasteiger partial charge in [0.2, 0.25) is 0 Å². The zero-order valence-corrected chi connectivity index (χ0v) is 29.4. The molecule has 13 nitrogen and oxygen atoms in total. The van der Waals surface area contributed by atoms with E-state index in [0.29, 0.717) is 43.8 Å². The quantitative estimate of drug-likeness (QED) is 0.261. The van der Waals surface area contributed by atoms with Crippen LogP contribution in [-0.2, 0) is 44.5 Å². The highest BCUT2D eigenvalue weighted by molar-refractivity contribution is 14.0. The average Bonchev–Trinajstić information content (AvgIpc) is 3.49. The number of carboxylic acid groups (broad SMARTS) is 2. The second-order valence-electron chi connectivity index (χ2n) is 10.6. The first kappa shape index (κ1) is 41.1. The Balaban J connectivity index is 0.00000110. The largest absolute Gasteiger partial charge is 0.497 e. The van der Waals surface area contributed by atoms with Crippen LogP contribution in [0.15, 0.2) is 36.4 Å². The van der Waals surface area contributed by atoms with E-state index < -0.39 is 36.2 Å². The third-order valence-corrected chi connectivity index (χ3v) is 6.60. The summed E-state index contributed by atoms with van der Waals surface area (Å²) in [6.07, 6.45) is 0.535. The summed E-state index contributed by atoms with van der Waals surface area (Å²) in [6, 6.07) is 13.7. The van der Waals surface area contributed by atoms with Crippen molar-refractivity contribution in [3.8, 4) is 17.6 Å². The van der Waals surface area contributed by atoms with E-state index in [4.69, 9.17) is 48.2 Å². The van der Waals surface area contributed by atoms with Gasteiger partial charge in [0.05, 0.1) is 44.2 Å². The Bertz CT molecular complexity index is 1350. The lowest BCUT2D eigenvalue weighted by Gasteiger charge is -2.36. The first-order chi connectivity index (χ1) is 21.8. The van der Waals surface area contributed by atoms with E-state index in [1.54, 1.807) is 13.2 Å². The minimum Gasteiger partial charge on any atom is -0.497 e. The van der Waals surface area contributed by atoms with Crippen molar-refractivity contribution >= 4 is 47.9 Å². The third-order valence-electron chi connectivity index (χ3n) is 6.60. The molecule has 0 unspecified atom stereocenters. The van der Waals surface area contributed by atoms with Crippen LogP contribution in [-0.4, -0.2) is 79.3 Å². The number of hydrogen-bond donors (Lipinski definition) is 2. The van der Waals surface area contributed by atoms with Crippen LogP contribution in [0, 0.1) is 11.3 Å². The molecule has 4 atom stereocenters. The summed E-state index contributed by atoms with van der Waals surface area (Å²) in [5, 5.41) is 24.8. The Morgan fingerprint density at radius 2 is 1.60 bits per heavy atom. The second-order valence-corrected chi connectivity index (χ2v) is 10.6. The Kier molecular flexibility index (Phi) is 18.4. The fourth-order valence-electron chi connectivity index (χ4n) is 4.82. The summed E-state index contributed by atoms with van der Waals surface area (Å²) in [7, 11) is 1.62. The smallest absolute Gasteiger partial charge is 0.302 e. The van der Waals surface area contributed by atoms with E-state index in [2.05, 4.69) is 6.07 Å². The van der Waals surface area contributed by atoms with Crippen molar-refractivity contribution in [1.29, 1.82) is 5.26 Å². The predicted octanol–water partition coefficient (Wildman–Crippen LogP) is 4.84. The molecule has 0 aromatic heterocycles. The third kappa shape index (κ3) is 15.5. The highest BCUT2D eigenvalue weighted by Gasteiger charge is 2.35. The maximum Gasteiger partial charge on any atom is 0.302 e. The summed E-state index contributed by atoms with van der Waals surface area (Å²) in [4.78, 5) is 41.2. The van der Waals surface area contributed by atoms with Gasteiger partial charge in [0.25, 0.3) is 11.9 Å². The monoisotopic (exact) mass is 771 g/mol. The van der Waals surface area contributed by atoms with Crippen molar-refractivity contribution < 1.29 is 57.8 Å². The van der Waals surface area contributed by atoms with Gasteiger partial charge in [-0.05, 0) is 41.8 Å². The van der Waals surface area contributed by atoms with Crippen molar-refractivity contribution in [2.45, 2.75) is 77.8 Å². The number of methoxy groups -OCH3 is 1. The zero-order chi connectivity index (χ0) is 34.2. The molecule has 0 aliphatic carbocycles. The molecule has 2 saturated heterocycles. The summed E-state index contributed by atoms with van der Waals surface area (Å²) in [6.45, 7) is 6.00. The zero-order valence-electron chi connectivity index (χ0n) is 27.1. The predicted molar refractivity (Wildman–Crippen MR) is 178 cm³/mol. The number of halogens is 1. The number of nitriles is 1. The maximum atomic E-state index is 11.8. The first-order valence-corrected chi connectivity index (χ1v) is 14.6. The number of nitrogens with zero attached hydrogens (tertiary/aromatic N) is 1. The van der Waals surface area contributed by atoms with Crippen LogP contribution in [0.25, 0.3) is 0 Å². The molecule has 2 N–H and O–H groups in total. The minimum atomic E-state index is -0.833. The topological polar surface area (TPSA) is 188 Å². The van der Waals surface area contributed by atoms with Crippen molar-refractivity contribution in [3.05, 3.63) is 58.7 Å². The number of carbonyl (C=O) groups is 4. The van der Waals surface area contributed by atoms with Gasteiger partial charge >= 0.3 is 11.9 Å². The molecule has 47 heavy (non-hydrogen) atoms. The fourth-order valence-corrected chi connectivity index (χ4v) is 4.82. The molecule has 4 rings (SSSR count). The van der Waals surface area contributed by atoms with Gasteiger partial charge in [-0.1, -0.05) is 12.1 Å². The van der Waals surface area contributed by atoms with Gasteiger partial charge in [-0.2, -0.15) is 5.26 Å². The molecule has 2 aliphatic heterocycles. The van der Waals surface area contributed by atoms with Crippen molar-refractivity contribution in [2.75, 3.05) is 26.9 Å². The second kappa shape index (κ2) is 21.0. The molecular formula is C33H42INO12. The normalized spacial score (nSPS) is 19.5. The van der Waals surface area contributed by atoms with E-state index in [1.807, 2.05) is 30.3 Å². The van der Waals surface area contributed by atoms with Gasteiger partial charge in [0.1, 0.15) is 30.3 Å². The molecule has 258 valence electrons. The SMILES string of the molecule is CC(=O)O.CC(=O)O.COc1ccc(Cc2cc([C@H]3C[C@@H](OC(C)=O)C[C@@H](COC(C)=O)O3)c(O[C@H]3CCOC3)cc2C#N)cc1.I. The number of aliphatic carboxylic acids is 2.